The summed E-state index contributed by atoms with van der Waals surface area (Å²) in [6.07, 6.45) is 3.70. The molecule has 6 nitrogen and oxygen atoms in total. The Morgan fingerprint density at radius 3 is 2.41 bits per heavy atom. The Labute approximate surface area is 159 Å². The first-order valence-electron chi connectivity index (χ1n) is 9.18. The summed E-state index contributed by atoms with van der Waals surface area (Å²) in [5.41, 5.74) is 8.25. The van der Waals surface area contributed by atoms with Gasteiger partial charge in [0.2, 0.25) is 11.8 Å². The number of methoxy groups -OCH3 is 1. The van der Waals surface area contributed by atoms with Gasteiger partial charge < -0.3 is 20.7 Å². The molecule has 1 saturated heterocycles. The van der Waals surface area contributed by atoms with Crippen molar-refractivity contribution >= 4 is 23.2 Å². The van der Waals surface area contributed by atoms with Crippen LogP contribution in [0.25, 0.3) is 0 Å². The molecule has 0 saturated carbocycles. The number of nitrogens with one attached hydrogen (secondary N) is 1. The van der Waals surface area contributed by atoms with Crippen molar-refractivity contribution in [2.75, 3.05) is 30.4 Å². The van der Waals surface area contributed by atoms with E-state index in [1.165, 1.54) is 6.42 Å². The molecule has 2 aromatic rings. The number of nitrogens with zero attached hydrogens (tertiary/aromatic N) is 1. The van der Waals surface area contributed by atoms with E-state index in [1.54, 1.807) is 19.2 Å². The fraction of sp³-hybridized carbons (Fsp3) is 0.333. The van der Waals surface area contributed by atoms with Crippen molar-refractivity contribution in [2.24, 2.45) is 5.73 Å². The number of primary amides is 1. The number of nitrogens with two attached hydrogens (primary N) is 1. The number of hydrogen-bond acceptors (Lipinski definition) is 4. The fourth-order valence-corrected chi connectivity index (χ4v) is 3.32. The van der Waals surface area contributed by atoms with Crippen LogP contribution in [0, 0.1) is 0 Å². The Balaban J connectivity index is 1.78. The Bertz CT molecular complexity index is 812. The van der Waals surface area contributed by atoms with Gasteiger partial charge in [-0.3, -0.25) is 9.59 Å². The van der Waals surface area contributed by atoms with Gasteiger partial charge >= 0.3 is 0 Å². The Morgan fingerprint density at radius 2 is 1.78 bits per heavy atom. The van der Waals surface area contributed by atoms with Crippen molar-refractivity contribution in [3.63, 3.8) is 0 Å². The van der Waals surface area contributed by atoms with Crippen LogP contribution in [0.2, 0.25) is 0 Å². The quantitative estimate of drug-likeness (QED) is 0.822. The van der Waals surface area contributed by atoms with Crippen LogP contribution in [0.4, 0.5) is 11.4 Å². The Morgan fingerprint density at radius 1 is 1.07 bits per heavy atom. The van der Waals surface area contributed by atoms with Gasteiger partial charge in [0.25, 0.3) is 0 Å². The number of piperidine rings is 1. The third-order valence-corrected chi connectivity index (χ3v) is 4.78. The molecule has 3 N–H and O–H groups in total. The van der Waals surface area contributed by atoms with Gasteiger partial charge in [-0.2, -0.15) is 0 Å². The number of carbonyl (C=O) groups is 2. The molecule has 1 heterocycles. The van der Waals surface area contributed by atoms with Crippen molar-refractivity contribution in [2.45, 2.75) is 25.7 Å². The van der Waals surface area contributed by atoms with Crippen LogP contribution in [0.5, 0.6) is 5.75 Å². The van der Waals surface area contributed by atoms with Crippen LogP contribution < -0.4 is 20.7 Å². The summed E-state index contributed by atoms with van der Waals surface area (Å²) in [4.78, 5) is 26.4. The number of ether oxygens (including phenoxy) is 1. The summed E-state index contributed by atoms with van der Waals surface area (Å²) in [5.74, 6) is 0.103. The molecule has 3 rings (SSSR count). The molecule has 0 radical (unpaired) electrons. The van der Waals surface area contributed by atoms with E-state index in [2.05, 4.69) is 10.2 Å². The zero-order valence-electron chi connectivity index (χ0n) is 15.5. The highest BCUT2D eigenvalue weighted by Crippen LogP contribution is 2.30. The van der Waals surface area contributed by atoms with Crippen molar-refractivity contribution in [3.8, 4) is 5.75 Å². The average Bonchev–Trinajstić information content (AvgIpc) is 2.69. The summed E-state index contributed by atoms with van der Waals surface area (Å²) in [6, 6.07) is 12.6. The Kier molecular flexibility index (Phi) is 5.96. The zero-order chi connectivity index (χ0) is 19.2. The minimum Gasteiger partial charge on any atom is -0.497 e. The molecule has 142 valence electrons. The molecule has 1 aliphatic heterocycles. The number of hydrogen-bond donors (Lipinski definition) is 2. The number of amides is 2. The minimum atomic E-state index is -0.508. The van der Waals surface area contributed by atoms with E-state index in [4.69, 9.17) is 10.5 Å². The molecule has 0 spiro atoms. The van der Waals surface area contributed by atoms with Gasteiger partial charge in [0.1, 0.15) is 5.75 Å². The maximum absolute atomic E-state index is 12.6. The number of rotatable bonds is 6. The maximum Gasteiger partial charge on any atom is 0.248 e. The zero-order valence-corrected chi connectivity index (χ0v) is 15.5. The largest absolute Gasteiger partial charge is 0.497 e. The summed E-state index contributed by atoms with van der Waals surface area (Å²) >= 11 is 0. The van der Waals surface area contributed by atoms with Gasteiger partial charge in [-0.1, -0.05) is 12.1 Å². The van der Waals surface area contributed by atoms with Crippen LogP contribution in [-0.2, 0) is 11.2 Å². The summed E-state index contributed by atoms with van der Waals surface area (Å²) in [6.45, 7) is 1.88. The highest BCUT2D eigenvalue weighted by Gasteiger charge is 2.17. The number of benzene rings is 2. The third kappa shape index (κ3) is 4.78. The second-order valence-electron chi connectivity index (χ2n) is 6.72. The van der Waals surface area contributed by atoms with Gasteiger partial charge in [0.15, 0.2) is 0 Å². The van der Waals surface area contributed by atoms with E-state index in [9.17, 15) is 9.59 Å². The molecule has 6 heteroatoms. The van der Waals surface area contributed by atoms with E-state index in [0.717, 1.165) is 42.9 Å². The highest BCUT2D eigenvalue weighted by molar-refractivity contribution is 5.99. The molecule has 0 aliphatic carbocycles. The molecular formula is C21H25N3O3. The monoisotopic (exact) mass is 367 g/mol. The standard InChI is InChI=1S/C21H25N3O3/c1-27-17-8-5-15(6-9-17)13-20(25)23-18-14-16(21(22)26)7-10-19(18)24-11-3-2-4-12-24/h5-10,14H,2-4,11-13H2,1H3,(H2,22,26)(H,23,25). The molecule has 0 aromatic heterocycles. The van der Waals surface area contributed by atoms with Gasteiger partial charge in [0, 0.05) is 18.7 Å². The van der Waals surface area contributed by atoms with Crippen molar-refractivity contribution in [3.05, 3.63) is 53.6 Å². The van der Waals surface area contributed by atoms with Crippen LogP contribution >= 0.6 is 0 Å². The van der Waals surface area contributed by atoms with Gasteiger partial charge in [-0.15, -0.1) is 0 Å². The van der Waals surface area contributed by atoms with E-state index >= 15 is 0 Å². The van der Waals surface area contributed by atoms with Crippen molar-refractivity contribution in [1.29, 1.82) is 0 Å². The van der Waals surface area contributed by atoms with E-state index < -0.39 is 5.91 Å². The molecular weight excluding hydrogens is 342 g/mol. The lowest BCUT2D eigenvalue weighted by Crippen LogP contribution is -2.30. The van der Waals surface area contributed by atoms with E-state index in [1.807, 2.05) is 30.3 Å². The van der Waals surface area contributed by atoms with Crippen LogP contribution in [-0.4, -0.2) is 32.0 Å². The topological polar surface area (TPSA) is 84.7 Å². The maximum atomic E-state index is 12.6. The summed E-state index contributed by atoms with van der Waals surface area (Å²) < 4.78 is 5.14. The lowest BCUT2D eigenvalue weighted by atomic mass is 10.1. The number of anilines is 2. The fourth-order valence-electron chi connectivity index (χ4n) is 3.32. The second-order valence-corrected chi connectivity index (χ2v) is 6.72. The normalized spacial score (nSPS) is 13.9. The first kappa shape index (κ1) is 18.8. The first-order valence-corrected chi connectivity index (χ1v) is 9.18. The lowest BCUT2D eigenvalue weighted by Gasteiger charge is -2.30. The minimum absolute atomic E-state index is 0.139. The second kappa shape index (κ2) is 8.58. The average molecular weight is 367 g/mol. The van der Waals surface area contributed by atoms with Crippen molar-refractivity contribution in [1.82, 2.24) is 0 Å². The van der Waals surface area contributed by atoms with Gasteiger partial charge in [-0.25, -0.2) is 0 Å². The van der Waals surface area contributed by atoms with Crippen LogP contribution in [0.3, 0.4) is 0 Å². The molecule has 0 bridgehead atoms. The molecule has 2 aromatic carbocycles. The molecule has 0 atom stereocenters. The smallest absolute Gasteiger partial charge is 0.248 e. The predicted molar refractivity (Wildman–Crippen MR) is 106 cm³/mol. The Hall–Kier alpha value is -3.02. The first-order chi connectivity index (χ1) is 13.1. The predicted octanol–water partition coefficient (Wildman–Crippen LogP) is 2.97. The molecule has 27 heavy (non-hydrogen) atoms. The SMILES string of the molecule is COc1ccc(CC(=O)Nc2cc(C(N)=O)ccc2N2CCCCC2)cc1. The molecule has 2 amide bonds. The number of carbonyl (C=O) groups excluding carboxylic acids is 2. The van der Waals surface area contributed by atoms with E-state index in [-0.39, 0.29) is 12.3 Å². The summed E-state index contributed by atoms with van der Waals surface area (Å²) in [5, 5.41) is 2.96. The van der Waals surface area contributed by atoms with Crippen LogP contribution in [0.15, 0.2) is 42.5 Å². The molecule has 0 unspecified atom stereocenters. The van der Waals surface area contributed by atoms with Crippen LogP contribution in [0.1, 0.15) is 35.2 Å². The van der Waals surface area contributed by atoms with E-state index in [0.29, 0.717) is 11.3 Å². The highest BCUT2D eigenvalue weighted by atomic mass is 16.5. The molecule has 1 aliphatic rings. The van der Waals surface area contributed by atoms with Gasteiger partial charge in [-0.05, 0) is 55.2 Å². The van der Waals surface area contributed by atoms with Gasteiger partial charge in [0.05, 0.1) is 24.9 Å². The lowest BCUT2D eigenvalue weighted by molar-refractivity contribution is -0.115. The van der Waals surface area contributed by atoms with Crippen molar-refractivity contribution < 1.29 is 14.3 Å². The summed E-state index contributed by atoms with van der Waals surface area (Å²) in [7, 11) is 1.61. The third-order valence-electron chi connectivity index (χ3n) is 4.78. The molecule has 1 fully saturated rings.